The average molecular weight is 238 g/mol. The number of nitrogens with one attached hydrogen (secondary N) is 2. The Bertz CT molecular complexity index is 417. The molecule has 7 nitrogen and oxygen atoms in total. The van der Waals surface area contributed by atoms with Crippen LogP contribution in [0.5, 0.6) is 0 Å². The zero-order valence-corrected chi connectivity index (χ0v) is 9.38. The Morgan fingerprint density at radius 2 is 2.35 bits per heavy atom. The van der Waals surface area contributed by atoms with Gasteiger partial charge in [-0.15, -0.1) is 0 Å². The van der Waals surface area contributed by atoms with Gasteiger partial charge in [-0.25, -0.2) is 0 Å². The van der Waals surface area contributed by atoms with Crippen molar-refractivity contribution in [1.82, 2.24) is 20.4 Å². The molecule has 1 aromatic heterocycles. The maximum Gasteiger partial charge on any atom is 0.269 e. The second kappa shape index (κ2) is 4.54. The summed E-state index contributed by atoms with van der Waals surface area (Å²) in [4.78, 5) is 24.3. The Balaban J connectivity index is 1.96. The van der Waals surface area contributed by atoms with Crippen LogP contribution in [-0.4, -0.2) is 57.3 Å². The Labute approximate surface area is 97.8 Å². The van der Waals surface area contributed by atoms with Gasteiger partial charge in [-0.05, 0) is 6.07 Å². The van der Waals surface area contributed by atoms with E-state index in [9.17, 15) is 14.7 Å². The van der Waals surface area contributed by atoms with E-state index in [0.29, 0.717) is 12.2 Å². The largest absolute Gasteiger partial charge is 0.389 e. The number of aromatic amines is 1. The fourth-order valence-electron chi connectivity index (χ4n) is 1.81. The summed E-state index contributed by atoms with van der Waals surface area (Å²) in [6.07, 6.45) is 0.743. The van der Waals surface area contributed by atoms with Gasteiger partial charge in [0.1, 0.15) is 5.69 Å². The van der Waals surface area contributed by atoms with Gasteiger partial charge in [0.2, 0.25) is 5.91 Å². The molecule has 2 atom stereocenters. The lowest BCUT2D eigenvalue weighted by Gasteiger charge is -2.15. The molecule has 2 heterocycles. The molecule has 0 saturated carbocycles. The first-order chi connectivity index (χ1) is 8.08. The van der Waals surface area contributed by atoms with Gasteiger partial charge in [-0.2, -0.15) is 5.10 Å². The van der Waals surface area contributed by atoms with Crippen molar-refractivity contribution in [2.75, 3.05) is 13.1 Å². The summed E-state index contributed by atoms with van der Waals surface area (Å²) in [7, 11) is 0. The SMILES string of the molecule is CC(=O)N1C[C@@H](O)[C@H](NC(=O)c2ccn[nH]2)C1. The monoisotopic (exact) mass is 238 g/mol. The van der Waals surface area contributed by atoms with Crippen LogP contribution in [0.1, 0.15) is 17.4 Å². The molecule has 0 radical (unpaired) electrons. The summed E-state index contributed by atoms with van der Waals surface area (Å²) in [6.45, 7) is 2.02. The fraction of sp³-hybridized carbons (Fsp3) is 0.500. The molecule has 7 heteroatoms. The van der Waals surface area contributed by atoms with Crippen LogP contribution in [0.2, 0.25) is 0 Å². The number of hydrogen-bond donors (Lipinski definition) is 3. The van der Waals surface area contributed by atoms with E-state index in [1.165, 1.54) is 18.0 Å². The van der Waals surface area contributed by atoms with Crippen molar-refractivity contribution >= 4 is 11.8 Å². The molecule has 2 rings (SSSR count). The molecule has 17 heavy (non-hydrogen) atoms. The molecular formula is C10H14N4O3. The zero-order valence-electron chi connectivity index (χ0n) is 9.38. The molecular weight excluding hydrogens is 224 g/mol. The van der Waals surface area contributed by atoms with Crippen LogP contribution in [0, 0.1) is 0 Å². The lowest BCUT2D eigenvalue weighted by Crippen LogP contribution is -2.43. The maximum absolute atomic E-state index is 11.7. The maximum atomic E-state index is 11.7. The minimum atomic E-state index is -0.731. The molecule has 0 bridgehead atoms. The third-order valence-corrected chi connectivity index (χ3v) is 2.80. The van der Waals surface area contributed by atoms with Gasteiger partial charge in [0, 0.05) is 26.2 Å². The van der Waals surface area contributed by atoms with Gasteiger partial charge in [0.25, 0.3) is 5.91 Å². The molecule has 1 aliphatic heterocycles. The molecule has 0 aliphatic carbocycles. The molecule has 1 fully saturated rings. The number of rotatable bonds is 2. The number of aliphatic hydroxyl groups is 1. The van der Waals surface area contributed by atoms with Crippen molar-refractivity contribution in [1.29, 1.82) is 0 Å². The molecule has 1 aromatic rings. The highest BCUT2D eigenvalue weighted by Gasteiger charge is 2.33. The zero-order chi connectivity index (χ0) is 12.4. The molecule has 1 saturated heterocycles. The Kier molecular flexibility index (Phi) is 3.10. The van der Waals surface area contributed by atoms with E-state index in [0.717, 1.165) is 0 Å². The van der Waals surface area contributed by atoms with Crippen molar-refractivity contribution in [3.05, 3.63) is 18.0 Å². The lowest BCUT2D eigenvalue weighted by molar-refractivity contribution is -0.128. The fourth-order valence-corrected chi connectivity index (χ4v) is 1.81. The van der Waals surface area contributed by atoms with E-state index in [1.807, 2.05) is 0 Å². The van der Waals surface area contributed by atoms with Gasteiger partial charge in [0.15, 0.2) is 0 Å². The van der Waals surface area contributed by atoms with Gasteiger partial charge in [-0.3, -0.25) is 14.7 Å². The first kappa shape index (κ1) is 11.6. The Morgan fingerprint density at radius 3 is 2.88 bits per heavy atom. The van der Waals surface area contributed by atoms with E-state index >= 15 is 0 Å². The van der Waals surface area contributed by atoms with Crippen molar-refractivity contribution in [2.45, 2.75) is 19.1 Å². The van der Waals surface area contributed by atoms with Gasteiger partial charge >= 0.3 is 0 Å². The number of aromatic nitrogens is 2. The normalized spacial score (nSPS) is 23.8. The smallest absolute Gasteiger partial charge is 0.269 e. The first-order valence-electron chi connectivity index (χ1n) is 5.31. The highest BCUT2D eigenvalue weighted by atomic mass is 16.3. The molecule has 0 spiro atoms. The van der Waals surface area contributed by atoms with Crippen LogP contribution in [-0.2, 0) is 4.79 Å². The minimum Gasteiger partial charge on any atom is -0.389 e. The number of amides is 2. The lowest BCUT2D eigenvalue weighted by atomic mass is 10.2. The topological polar surface area (TPSA) is 98.3 Å². The number of nitrogens with zero attached hydrogens (tertiary/aromatic N) is 2. The average Bonchev–Trinajstić information content (AvgIpc) is 2.88. The third-order valence-electron chi connectivity index (χ3n) is 2.80. The Hall–Kier alpha value is -1.89. The van der Waals surface area contributed by atoms with E-state index < -0.39 is 12.1 Å². The summed E-state index contributed by atoms with van der Waals surface area (Å²) in [6, 6.07) is 1.11. The van der Waals surface area contributed by atoms with E-state index in [4.69, 9.17) is 0 Å². The van der Waals surface area contributed by atoms with E-state index in [2.05, 4.69) is 15.5 Å². The number of β-amino-alcohol motifs (C(OH)–C–C–N with tert-alkyl or cyclic N) is 1. The van der Waals surface area contributed by atoms with Gasteiger partial charge in [0.05, 0.1) is 12.1 Å². The summed E-state index contributed by atoms with van der Waals surface area (Å²) in [5, 5.41) is 18.6. The molecule has 0 unspecified atom stereocenters. The van der Waals surface area contributed by atoms with Crippen molar-refractivity contribution in [3.8, 4) is 0 Å². The number of hydrogen-bond acceptors (Lipinski definition) is 4. The molecule has 92 valence electrons. The summed E-state index contributed by atoms with van der Waals surface area (Å²) < 4.78 is 0. The number of aliphatic hydroxyl groups excluding tert-OH is 1. The quantitative estimate of drug-likeness (QED) is 0.598. The van der Waals surface area contributed by atoms with E-state index in [-0.39, 0.29) is 18.4 Å². The number of carbonyl (C=O) groups is 2. The summed E-state index contributed by atoms with van der Waals surface area (Å²) in [5.41, 5.74) is 0.332. The predicted octanol–water partition coefficient (Wildman–Crippen LogP) is -1.27. The van der Waals surface area contributed by atoms with Crippen molar-refractivity contribution in [2.24, 2.45) is 0 Å². The van der Waals surface area contributed by atoms with Crippen molar-refractivity contribution < 1.29 is 14.7 Å². The van der Waals surface area contributed by atoms with Crippen LogP contribution in [0.3, 0.4) is 0 Å². The van der Waals surface area contributed by atoms with E-state index in [1.54, 1.807) is 6.07 Å². The summed E-state index contributed by atoms with van der Waals surface area (Å²) >= 11 is 0. The highest BCUT2D eigenvalue weighted by Crippen LogP contribution is 2.10. The van der Waals surface area contributed by atoms with Crippen LogP contribution in [0.15, 0.2) is 12.3 Å². The number of likely N-dealkylation sites (tertiary alicyclic amines) is 1. The van der Waals surface area contributed by atoms with Crippen LogP contribution in [0.4, 0.5) is 0 Å². The number of carbonyl (C=O) groups excluding carboxylic acids is 2. The van der Waals surface area contributed by atoms with Crippen molar-refractivity contribution in [3.63, 3.8) is 0 Å². The van der Waals surface area contributed by atoms with Crippen LogP contribution >= 0.6 is 0 Å². The Morgan fingerprint density at radius 1 is 1.59 bits per heavy atom. The molecule has 3 N–H and O–H groups in total. The van der Waals surface area contributed by atoms with Crippen LogP contribution in [0.25, 0.3) is 0 Å². The highest BCUT2D eigenvalue weighted by molar-refractivity contribution is 5.92. The third kappa shape index (κ3) is 2.44. The second-order valence-corrected chi connectivity index (χ2v) is 4.04. The predicted molar refractivity (Wildman–Crippen MR) is 58.1 cm³/mol. The van der Waals surface area contributed by atoms with Gasteiger partial charge in [-0.1, -0.05) is 0 Å². The molecule has 2 amide bonds. The minimum absolute atomic E-state index is 0.109. The standard InChI is InChI=1S/C10H14N4O3/c1-6(15)14-4-8(9(16)5-14)12-10(17)7-2-3-11-13-7/h2-3,8-9,16H,4-5H2,1H3,(H,11,13)(H,12,17)/t8-,9-/m1/s1. The second-order valence-electron chi connectivity index (χ2n) is 4.04. The molecule has 1 aliphatic rings. The number of H-pyrrole nitrogens is 1. The molecule has 0 aromatic carbocycles. The van der Waals surface area contributed by atoms with Crippen LogP contribution < -0.4 is 5.32 Å². The summed E-state index contributed by atoms with van der Waals surface area (Å²) in [5.74, 6) is -0.445. The van der Waals surface area contributed by atoms with Gasteiger partial charge < -0.3 is 15.3 Å². The first-order valence-corrected chi connectivity index (χ1v) is 5.31.